The lowest BCUT2D eigenvalue weighted by Gasteiger charge is -2.15. The molecule has 0 aliphatic heterocycles. The Labute approximate surface area is 168 Å². The van der Waals surface area contributed by atoms with Crippen LogP contribution in [0, 0.1) is 0 Å². The van der Waals surface area contributed by atoms with E-state index in [4.69, 9.17) is 23.2 Å². The fraction of sp³-hybridized carbons (Fsp3) is 0.250. The smallest absolute Gasteiger partial charge is 0.225 e. The van der Waals surface area contributed by atoms with Gasteiger partial charge >= 0.3 is 0 Å². The first-order valence-corrected chi connectivity index (χ1v) is 9.70. The van der Waals surface area contributed by atoms with E-state index >= 15 is 0 Å². The largest absolute Gasteiger partial charge is 0.351 e. The van der Waals surface area contributed by atoms with Crippen LogP contribution in [0.3, 0.4) is 0 Å². The summed E-state index contributed by atoms with van der Waals surface area (Å²) in [5.74, 6) is 1.28. The third-order valence-corrected chi connectivity index (χ3v) is 4.94. The normalized spacial score (nSPS) is 14.3. The molecule has 1 aliphatic rings. The van der Waals surface area contributed by atoms with Gasteiger partial charge in [0, 0.05) is 45.8 Å². The van der Waals surface area contributed by atoms with Crippen LogP contribution in [0.4, 0.5) is 17.5 Å². The first-order valence-electron chi connectivity index (χ1n) is 8.95. The van der Waals surface area contributed by atoms with Gasteiger partial charge in [0.1, 0.15) is 5.82 Å². The molecule has 0 unspecified atom stereocenters. The molecule has 7 heteroatoms. The van der Waals surface area contributed by atoms with E-state index in [0.29, 0.717) is 27.9 Å². The molecule has 2 aromatic heterocycles. The minimum absolute atomic E-state index is 0.419. The van der Waals surface area contributed by atoms with Crippen LogP contribution in [-0.2, 0) is 0 Å². The molecule has 4 rings (SSSR count). The number of anilines is 3. The molecule has 0 atom stereocenters. The number of benzene rings is 1. The van der Waals surface area contributed by atoms with Gasteiger partial charge in [0.2, 0.25) is 5.95 Å². The first kappa shape index (κ1) is 18.0. The second-order valence-electron chi connectivity index (χ2n) is 6.61. The Balaban J connectivity index is 1.68. The zero-order valence-corrected chi connectivity index (χ0v) is 16.1. The fourth-order valence-corrected chi connectivity index (χ4v) is 3.79. The molecule has 1 fully saturated rings. The van der Waals surface area contributed by atoms with E-state index in [1.807, 2.05) is 30.3 Å². The maximum absolute atomic E-state index is 6.11. The van der Waals surface area contributed by atoms with Gasteiger partial charge in [0.15, 0.2) is 0 Å². The number of hydrogen-bond donors (Lipinski definition) is 2. The lowest BCUT2D eigenvalue weighted by Crippen LogP contribution is -2.17. The van der Waals surface area contributed by atoms with Crippen LogP contribution >= 0.6 is 23.2 Å². The number of aromatic nitrogens is 3. The predicted octanol–water partition coefficient (Wildman–Crippen LogP) is 5.94. The lowest BCUT2D eigenvalue weighted by atomic mass is 10.2. The molecule has 1 aliphatic carbocycles. The van der Waals surface area contributed by atoms with Crippen LogP contribution in [0.25, 0.3) is 11.3 Å². The van der Waals surface area contributed by atoms with E-state index < -0.39 is 0 Å². The molecule has 1 aromatic carbocycles. The topological polar surface area (TPSA) is 62.7 Å². The molecule has 0 bridgehead atoms. The summed E-state index contributed by atoms with van der Waals surface area (Å²) in [7, 11) is 0. The third kappa shape index (κ3) is 4.67. The highest BCUT2D eigenvalue weighted by atomic mass is 35.5. The number of nitrogens with one attached hydrogen (secondary N) is 2. The van der Waals surface area contributed by atoms with Crippen molar-refractivity contribution in [2.45, 2.75) is 31.7 Å². The number of rotatable bonds is 5. The Morgan fingerprint density at radius 3 is 2.44 bits per heavy atom. The van der Waals surface area contributed by atoms with E-state index in [1.165, 1.54) is 12.8 Å². The molecular formula is C20H19Cl2N5. The molecule has 0 amide bonds. The summed E-state index contributed by atoms with van der Waals surface area (Å²) < 4.78 is 0. The van der Waals surface area contributed by atoms with E-state index in [9.17, 15) is 0 Å². The maximum Gasteiger partial charge on any atom is 0.225 e. The standard InChI is InChI=1S/C20H19Cl2N5/c21-14-8-15(22)10-17(9-14)24-19-11-18(13-4-3-7-23-12-13)26-20(27-19)25-16-5-1-2-6-16/h3-4,7-12,16H,1-2,5-6H2,(H2,24,25,26,27). The molecule has 1 saturated carbocycles. The van der Waals surface area contributed by atoms with Crippen LogP contribution in [0.5, 0.6) is 0 Å². The van der Waals surface area contributed by atoms with Crippen molar-refractivity contribution < 1.29 is 0 Å². The summed E-state index contributed by atoms with van der Waals surface area (Å²) in [6, 6.07) is 11.5. The van der Waals surface area contributed by atoms with E-state index in [-0.39, 0.29) is 0 Å². The van der Waals surface area contributed by atoms with Gasteiger partial charge in [0.25, 0.3) is 0 Å². The Morgan fingerprint density at radius 1 is 0.963 bits per heavy atom. The van der Waals surface area contributed by atoms with Crippen molar-refractivity contribution in [2.75, 3.05) is 10.6 Å². The Morgan fingerprint density at radius 2 is 1.74 bits per heavy atom. The molecular weight excluding hydrogens is 381 g/mol. The van der Waals surface area contributed by atoms with E-state index in [2.05, 4.69) is 25.6 Å². The van der Waals surface area contributed by atoms with Crippen LogP contribution in [0.1, 0.15) is 25.7 Å². The van der Waals surface area contributed by atoms with Gasteiger partial charge in [-0.25, -0.2) is 4.98 Å². The Hall–Kier alpha value is -2.37. The molecule has 2 heterocycles. The molecule has 2 N–H and O–H groups in total. The van der Waals surface area contributed by atoms with Crippen molar-refractivity contribution >= 4 is 40.7 Å². The van der Waals surface area contributed by atoms with Gasteiger partial charge in [-0.1, -0.05) is 36.0 Å². The van der Waals surface area contributed by atoms with Gasteiger partial charge in [-0.05, 0) is 43.2 Å². The number of halogens is 2. The monoisotopic (exact) mass is 399 g/mol. The predicted molar refractivity (Wildman–Crippen MR) is 111 cm³/mol. The van der Waals surface area contributed by atoms with Crippen molar-refractivity contribution in [2.24, 2.45) is 0 Å². The van der Waals surface area contributed by atoms with Crippen LogP contribution in [-0.4, -0.2) is 21.0 Å². The van der Waals surface area contributed by atoms with Gasteiger partial charge in [-0.2, -0.15) is 4.98 Å². The highest BCUT2D eigenvalue weighted by Gasteiger charge is 2.17. The lowest BCUT2D eigenvalue weighted by molar-refractivity contribution is 0.744. The molecule has 27 heavy (non-hydrogen) atoms. The molecule has 138 valence electrons. The molecule has 0 spiro atoms. The van der Waals surface area contributed by atoms with Crippen LogP contribution in [0.2, 0.25) is 10.0 Å². The van der Waals surface area contributed by atoms with Gasteiger partial charge in [-0.15, -0.1) is 0 Å². The first-order chi connectivity index (χ1) is 13.2. The Kier molecular flexibility index (Phi) is 5.41. The second-order valence-corrected chi connectivity index (χ2v) is 7.49. The summed E-state index contributed by atoms with van der Waals surface area (Å²) in [4.78, 5) is 13.5. The van der Waals surface area contributed by atoms with Crippen LogP contribution in [0.15, 0.2) is 48.8 Å². The maximum atomic E-state index is 6.11. The van der Waals surface area contributed by atoms with E-state index in [1.54, 1.807) is 18.5 Å². The highest BCUT2D eigenvalue weighted by Crippen LogP contribution is 2.28. The number of nitrogens with zero attached hydrogens (tertiary/aromatic N) is 3. The van der Waals surface area contributed by atoms with Crippen molar-refractivity contribution in [3.63, 3.8) is 0 Å². The average molecular weight is 400 g/mol. The SMILES string of the molecule is Clc1cc(Cl)cc(Nc2cc(-c3cccnc3)nc(NC3CCCC3)n2)c1. The van der Waals surface area contributed by atoms with Crippen molar-refractivity contribution in [3.05, 3.63) is 58.8 Å². The molecule has 0 radical (unpaired) electrons. The zero-order valence-electron chi connectivity index (χ0n) is 14.6. The molecule has 0 saturated heterocycles. The summed E-state index contributed by atoms with van der Waals surface area (Å²) in [6.45, 7) is 0. The summed E-state index contributed by atoms with van der Waals surface area (Å²) in [5.41, 5.74) is 2.51. The van der Waals surface area contributed by atoms with Gasteiger partial charge < -0.3 is 10.6 Å². The van der Waals surface area contributed by atoms with E-state index in [0.717, 1.165) is 29.8 Å². The minimum atomic E-state index is 0.419. The quantitative estimate of drug-likeness (QED) is 0.555. The summed E-state index contributed by atoms with van der Waals surface area (Å²) in [5, 5.41) is 7.88. The van der Waals surface area contributed by atoms with Crippen molar-refractivity contribution in [1.82, 2.24) is 15.0 Å². The van der Waals surface area contributed by atoms with Gasteiger partial charge in [-0.3, -0.25) is 4.98 Å². The summed E-state index contributed by atoms with van der Waals surface area (Å²) >= 11 is 12.2. The number of pyridine rings is 1. The van der Waals surface area contributed by atoms with Crippen molar-refractivity contribution in [3.8, 4) is 11.3 Å². The minimum Gasteiger partial charge on any atom is -0.351 e. The van der Waals surface area contributed by atoms with Crippen molar-refractivity contribution in [1.29, 1.82) is 0 Å². The third-order valence-electron chi connectivity index (χ3n) is 4.51. The van der Waals surface area contributed by atoms with Crippen LogP contribution < -0.4 is 10.6 Å². The van der Waals surface area contributed by atoms with Gasteiger partial charge in [0.05, 0.1) is 5.69 Å². The fourth-order valence-electron chi connectivity index (χ4n) is 3.26. The molecule has 5 nitrogen and oxygen atoms in total. The molecule has 3 aromatic rings. The average Bonchev–Trinajstić information content (AvgIpc) is 3.14. The zero-order chi connectivity index (χ0) is 18.6. The summed E-state index contributed by atoms with van der Waals surface area (Å²) in [6.07, 6.45) is 8.32. The second kappa shape index (κ2) is 8.11. The highest BCUT2D eigenvalue weighted by molar-refractivity contribution is 6.35. The Bertz CT molecular complexity index is 907. The number of hydrogen-bond acceptors (Lipinski definition) is 5.